The smallest absolute Gasteiger partial charge is 0.256 e. The summed E-state index contributed by atoms with van der Waals surface area (Å²) in [7, 11) is 4.07. The normalized spacial score (nSPS) is 17.6. The molecule has 1 aromatic heterocycles. The Morgan fingerprint density at radius 2 is 2.08 bits per heavy atom. The number of aryl methyl sites for hydroxylation is 2. The maximum Gasteiger partial charge on any atom is 0.256 e. The van der Waals surface area contributed by atoms with E-state index in [1.807, 2.05) is 31.1 Å². The molecule has 1 amide bonds. The van der Waals surface area contributed by atoms with Crippen molar-refractivity contribution in [2.45, 2.75) is 32.8 Å². The molecular weight excluding hydrogens is 314 g/mol. The number of para-hydroxylation sites is 1. The number of likely N-dealkylation sites (N-methyl/N-ethyl adjacent to an activating group) is 1. The van der Waals surface area contributed by atoms with Crippen molar-refractivity contribution in [1.29, 1.82) is 0 Å². The molecule has 136 valence electrons. The minimum atomic E-state index is 0.0872. The van der Waals surface area contributed by atoms with Gasteiger partial charge in [0.1, 0.15) is 0 Å². The van der Waals surface area contributed by atoms with Crippen molar-refractivity contribution in [3.63, 3.8) is 0 Å². The van der Waals surface area contributed by atoms with Crippen molar-refractivity contribution >= 4 is 16.8 Å². The van der Waals surface area contributed by atoms with Crippen molar-refractivity contribution < 1.29 is 9.53 Å². The van der Waals surface area contributed by atoms with E-state index in [1.54, 1.807) is 0 Å². The lowest BCUT2D eigenvalue weighted by atomic mass is 10.1. The van der Waals surface area contributed by atoms with E-state index in [1.165, 1.54) is 5.56 Å². The molecule has 0 saturated carbocycles. The Morgan fingerprint density at radius 3 is 2.76 bits per heavy atom. The molecule has 2 aromatic rings. The van der Waals surface area contributed by atoms with Gasteiger partial charge >= 0.3 is 0 Å². The van der Waals surface area contributed by atoms with Gasteiger partial charge in [0.15, 0.2) is 0 Å². The van der Waals surface area contributed by atoms with E-state index in [0.29, 0.717) is 13.1 Å². The summed E-state index contributed by atoms with van der Waals surface area (Å²) < 4.78 is 5.77. The molecule has 5 heteroatoms. The number of aromatic nitrogens is 1. The van der Waals surface area contributed by atoms with Crippen LogP contribution < -0.4 is 0 Å². The molecule has 1 aromatic carbocycles. The summed E-state index contributed by atoms with van der Waals surface area (Å²) in [4.78, 5) is 20.8. The van der Waals surface area contributed by atoms with Crippen LogP contribution in [0.5, 0.6) is 0 Å². The average Bonchev–Trinajstić information content (AvgIpc) is 3.19. The predicted molar refractivity (Wildman–Crippen MR) is 101 cm³/mol. The van der Waals surface area contributed by atoms with E-state index >= 15 is 0 Å². The van der Waals surface area contributed by atoms with Crippen LogP contribution in [0.4, 0.5) is 0 Å². The number of carbonyl (C=O) groups is 1. The second-order valence-electron chi connectivity index (χ2n) is 7.29. The highest BCUT2D eigenvalue weighted by atomic mass is 16.5. The minimum Gasteiger partial charge on any atom is -0.376 e. The topological polar surface area (TPSA) is 48.6 Å². The van der Waals surface area contributed by atoms with Crippen molar-refractivity contribution in [1.82, 2.24) is 14.8 Å². The Morgan fingerprint density at radius 1 is 1.28 bits per heavy atom. The molecule has 25 heavy (non-hydrogen) atoms. The van der Waals surface area contributed by atoms with E-state index < -0.39 is 0 Å². The highest BCUT2D eigenvalue weighted by molar-refractivity contribution is 6.06. The fraction of sp³-hybridized carbons (Fsp3) is 0.550. The van der Waals surface area contributed by atoms with E-state index in [4.69, 9.17) is 4.74 Å². The summed E-state index contributed by atoms with van der Waals surface area (Å²) in [5.41, 5.74) is 4.04. The molecule has 0 spiro atoms. The number of nitrogens with one attached hydrogen (secondary N) is 1. The summed E-state index contributed by atoms with van der Waals surface area (Å²) in [5.74, 6) is 0.0872. The summed E-state index contributed by atoms with van der Waals surface area (Å²) in [6.07, 6.45) is 2.29. The third-order valence-electron chi connectivity index (χ3n) is 5.13. The first kappa shape index (κ1) is 18.0. The van der Waals surface area contributed by atoms with Crippen LogP contribution in [0.3, 0.4) is 0 Å². The van der Waals surface area contributed by atoms with Crippen LogP contribution in [-0.4, -0.2) is 67.1 Å². The fourth-order valence-electron chi connectivity index (χ4n) is 3.46. The van der Waals surface area contributed by atoms with Gasteiger partial charge in [0.25, 0.3) is 5.91 Å². The van der Waals surface area contributed by atoms with Gasteiger partial charge in [0.2, 0.25) is 0 Å². The molecular formula is C20H29N3O2. The van der Waals surface area contributed by atoms with Gasteiger partial charge in [-0.3, -0.25) is 4.79 Å². The molecule has 1 aliphatic heterocycles. The molecule has 1 unspecified atom stereocenters. The van der Waals surface area contributed by atoms with Gasteiger partial charge in [-0.1, -0.05) is 12.1 Å². The van der Waals surface area contributed by atoms with Crippen LogP contribution in [0.2, 0.25) is 0 Å². The van der Waals surface area contributed by atoms with Gasteiger partial charge in [-0.25, -0.2) is 0 Å². The zero-order valence-electron chi connectivity index (χ0n) is 15.8. The first-order chi connectivity index (χ1) is 12.0. The zero-order valence-corrected chi connectivity index (χ0v) is 15.8. The fourth-order valence-corrected chi connectivity index (χ4v) is 3.46. The van der Waals surface area contributed by atoms with Crippen molar-refractivity contribution in [3.8, 4) is 0 Å². The predicted octanol–water partition coefficient (Wildman–Crippen LogP) is 2.97. The van der Waals surface area contributed by atoms with Gasteiger partial charge in [0.05, 0.1) is 17.2 Å². The molecule has 1 saturated heterocycles. The molecule has 3 rings (SSSR count). The lowest BCUT2D eigenvalue weighted by Gasteiger charge is -2.27. The second kappa shape index (κ2) is 7.58. The standard InChI is InChI=1S/C20H29N3O2/c1-14-15(2)21-19-17(14)8-5-9-18(19)20(24)23(11-10-22(3)4)13-16-7-6-12-25-16/h5,8-9,16,21H,6-7,10-13H2,1-4H3. The largest absolute Gasteiger partial charge is 0.376 e. The lowest BCUT2D eigenvalue weighted by Crippen LogP contribution is -2.41. The highest BCUT2D eigenvalue weighted by Gasteiger charge is 2.25. The zero-order chi connectivity index (χ0) is 18.0. The molecule has 5 nitrogen and oxygen atoms in total. The quantitative estimate of drug-likeness (QED) is 0.877. The number of hydrogen-bond acceptors (Lipinski definition) is 3. The molecule has 0 bridgehead atoms. The highest BCUT2D eigenvalue weighted by Crippen LogP contribution is 2.25. The van der Waals surface area contributed by atoms with Crippen molar-refractivity contribution in [3.05, 3.63) is 35.0 Å². The molecule has 1 aliphatic rings. The number of benzene rings is 1. The number of rotatable bonds is 6. The van der Waals surface area contributed by atoms with Crippen LogP contribution in [0, 0.1) is 13.8 Å². The summed E-state index contributed by atoms with van der Waals surface area (Å²) in [5, 5.41) is 1.13. The maximum absolute atomic E-state index is 13.3. The first-order valence-electron chi connectivity index (χ1n) is 9.11. The summed E-state index contributed by atoms with van der Waals surface area (Å²) in [6.45, 7) is 7.18. The van der Waals surface area contributed by atoms with E-state index in [9.17, 15) is 4.79 Å². The molecule has 1 atom stereocenters. The Bertz CT molecular complexity index is 745. The summed E-state index contributed by atoms with van der Waals surface area (Å²) in [6, 6.07) is 5.99. The number of carbonyl (C=O) groups excluding carboxylic acids is 1. The Kier molecular flexibility index (Phi) is 5.45. The third kappa shape index (κ3) is 3.88. The Balaban J connectivity index is 1.89. The van der Waals surface area contributed by atoms with Crippen LogP contribution in [0.1, 0.15) is 34.5 Å². The SMILES string of the molecule is Cc1[nH]c2c(C(=O)N(CCN(C)C)CC3CCCO3)cccc2c1C. The monoisotopic (exact) mass is 343 g/mol. The van der Waals surface area contributed by atoms with Crippen LogP contribution >= 0.6 is 0 Å². The number of amides is 1. The number of H-pyrrole nitrogens is 1. The number of fused-ring (bicyclic) bond motifs is 1. The van der Waals surface area contributed by atoms with Crippen LogP contribution in [0.25, 0.3) is 10.9 Å². The summed E-state index contributed by atoms with van der Waals surface area (Å²) >= 11 is 0. The molecule has 0 aliphatic carbocycles. The van der Waals surface area contributed by atoms with Gasteiger partial charge < -0.3 is 19.5 Å². The van der Waals surface area contributed by atoms with Crippen molar-refractivity contribution in [2.24, 2.45) is 0 Å². The van der Waals surface area contributed by atoms with E-state index in [0.717, 1.165) is 48.2 Å². The Hall–Kier alpha value is -1.85. The third-order valence-corrected chi connectivity index (χ3v) is 5.13. The van der Waals surface area contributed by atoms with Crippen molar-refractivity contribution in [2.75, 3.05) is 40.3 Å². The van der Waals surface area contributed by atoms with Crippen LogP contribution in [-0.2, 0) is 4.74 Å². The molecule has 1 fully saturated rings. The van der Waals surface area contributed by atoms with Crippen LogP contribution in [0.15, 0.2) is 18.2 Å². The maximum atomic E-state index is 13.3. The van der Waals surface area contributed by atoms with Gasteiger partial charge in [-0.05, 0) is 52.4 Å². The number of nitrogens with zero attached hydrogens (tertiary/aromatic N) is 2. The molecule has 1 N–H and O–H groups in total. The molecule has 0 radical (unpaired) electrons. The average molecular weight is 343 g/mol. The van der Waals surface area contributed by atoms with Gasteiger partial charge in [-0.15, -0.1) is 0 Å². The van der Waals surface area contributed by atoms with Gasteiger partial charge in [-0.2, -0.15) is 0 Å². The first-order valence-corrected chi connectivity index (χ1v) is 9.11. The molecule has 2 heterocycles. The lowest BCUT2D eigenvalue weighted by molar-refractivity contribution is 0.0513. The van der Waals surface area contributed by atoms with E-state index in [2.05, 4.69) is 29.8 Å². The number of aromatic amines is 1. The Labute approximate surface area is 149 Å². The van der Waals surface area contributed by atoms with Gasteiger partial charge in [0, 0.05) is 37.3 Å². The number of ether oxygens (including phenoxy) is 1. The second-order valence-corrected chi connectivity index (χ2v) is 7.29. The van der Waals surface area contributed by atoms with E-state index in [-0.39, 0.29) is 12.0 Å². The minimum absolute atomic E-state index is 0.0872. The number of hydrogen-bond donors (Lipinski definition) is 1.